The fraction of sp³-hybridized carbons (Fsp3) is 0.261. The third-order valence-corrected chi connectivity index (χ3v) is 5.16. The Morgan fingerprint density at radius 3 is 2.66 bits per heavy atom. The third kappa shape index (κ3) is 3.92. The molecule has 2 amide bonds. The van der Waals surface area contributed by atoms with E-state index in [1.165, 1.54) is 0 Å². The van der Waals surface area contributed by atoms with Gasteiger partial charge in [0, 0.05) is 30.4 Å². The largest absolute Gasteiger partial charge is 0.351 e. The standard InChI is InChI=1S/C23H24N4O2/c1-15(2)22-16(14-27(26-22)17-8-4-3-5-9-17)13-24-23(29)19-12-21(28)25-20-11-7-6-10-18(19)20/h3-11,14-15,19H,12-13H2,1-2H3,(H,24,29)(H,25,28). The summed E-state index contributed by atoms with van der Waals surface area (Å²) in [5.41, 5.74) is 4.48. The maximum absolute atomic E-state index is 12.9. The van der Waals surface area contributed by atoms with E-state index in [4.69, 9.17) is 5.10 Å². The molecule has 0 saturated carbocycles. The van der Waals surface area contributed by atoms with Crippen LogP contribution >= 0.6 is 0 Å². The van der Waals surface area contributed by atoms with Crippen LogP contribution in [0.3, 0.4) is 0 Å². The van der Waals surface area contributed by atoms with Crippen molar-refractivity contribution in [3.63, 3.8) is 0 Å². The molecule has 0 bridgehead atoms. The highest BCUT2D eigenvalue weighted by atomic mass is 16.2. The molecule has 0 aliphatic carbocycles. The van der Waals surface area contributed by atoms with Crippen LogP contribution in [0.15, 0.2) is 60.8 Å². The molecule has 0 fully saturated rings. The van der Waals surface area contributed by atoms with Gasteiger partial charge in [0.25, 0.3) is 0 Å². The number of nitrogens with one attached hydrogen (secondary N) is 2. The fourth-order valence-corrected chi connectivity index (χ4v) is 3.71. The molecule has 3 aromatic rings. The van der Waals surface area contributed by atoms with E-state index in [1.54, 1.807) is 0 Å². The van der Waals surface area contributed by atoms with Gasteiger partial charge in [-0.1, -0.05) is 50.2 Å². The number of hydrogen-bond donors (Lipinski definition) is 2. The molecule has 1 unspecified atom stereocenters. The highest BCUT2D eigenvalue weighted by Crippen LogP contribution is 2.32. The smallest absolute Gasteiger partial charge is 0.228 e. The number of rotatable bonds is 5. The minimum Gasteiger partial charge on any atom is -0.351 e. The van der Waals surface area contributed by atoms with Crippen molar-refractivity contribution in [3.05, 3.63) is 77.6 Å². The molecular formula is C23H24N4O2. The Kier molecular flexibility index (Phi) is 5.16. The Hall–Kier alpha value is -3.41. The zero-order chi connectivity index (χ0) is 20.4. The topological polar surface area (TPSA) is 76.0 Å². The molecule has 0 spiro atoms. The second-order valence-corrected chi connectivity index (χ2v) is 7.58. The van der Waals surface area contributed by atoms with Crippen LogP contribution in [0, 0.1) is 0 Å². The zero-order valence-electron chi connectivity index (χ0n) is 16.6. The first-order chi connectivity index (χ1) is 14.0. The van der Waals surface area contributed by atoms with Gasteiger partial charge in [0.05, 0.1) is 17.3 Å². The van der Waals surface area contributed by atoms with Gasteiger partial charge in [-0.3, -0.25) is 9.59 Å². The van der Waals surface area contributed by atoms with Gasteiger partial charge in [-0.05, 0) is 29.7 Å². The lowest BCUT2D eigenvalue weighted by molar-refractivity contribution is -0.126. The maximum atomic E-state index is 12.9. The average Bonchev–Trinajstić information content (AvgIpc) is 3.16. The molecule has 29 heavy (non-hydrogen) atoms. The van der Waals surface area contributed by atoms with Crippen LogP contribution in [0.1, 0.15) is 48.9 Å². The number of hydrogen-bond acceptors (Lipinski definition) is 3. The van der Waals surface area contributed by atoms with Crippen molar-refractivity contribution in [2.24, 2.45) is 0 Å². The first kappa shape index (κ1) is 18.9. The molecule has 6 heteroatoms. The summed E-state index contributed by atoms with van der Waals surface area (Å²) in [6.07, 6.45) is 2.12. The summed E-state index contributed by atoms with van der Waals surface area (Å²) in [6, 6.07) is 17.4. The van der Waals surface area contributed by atoms with Gasteiger partial charge < -0.3 is 10.6 Å². The lowest BCUT2D eigenvalue weighted by Gasteiger charge is -2.24. The second kappa shape index (κ2) is 7.91. The van der Waals surface area contributed by atoms with E-state index in [0.717, 1.165) is 22.5 Å². The van der Waals surface area contributed by atoms with Crippen LogP contribution in [-0.4, -0.2) is 21.6 Å². The predicted molar refractivity (Wildman–Crippen MR) is 112 cm³/mol. The normalized spacial score (nSPS) is 15.7. The highest BCUT2D eigenvalue weighted by molar-refractivity contribution is 6.01. The quantitative estimate of drug-likeness (QED) is 0.699. The lowest BCUT2D eigenvalue weighted by Crippen LogP contribution is -2.34. The van der Waals surface area contributed by atoms with Crippen molar-refractivity contribution in [1.82, 2.24) is 15.1 Å². The molecule has 2 heterocycles. The van der Waals surface area contributed by atoms with Crippen LogP contribution in [0.25, 0.3) is 5.69 Å². The van der Waals surface area contributed by atoms with E-state index in [1.807, 2.05) is 65.5 Å². The van der Waals surface area contributed by atoms with Crippen molar-refractivity contribution in [1.29, 1.82) is 0 Å². The molecular weight excluding hydrogens is 364 g/mol. The van der Waals surface area contributed by atoms with Crippen LogP contribution in [-0.2, 0) is 16.1 Å². The van der Waals surface area contributed by atoms with Gasteiger partial charge in [-0.25, -0.2) is 4.68 Å². The average molecular weight is 388 g/mol. The summed E-state index contributed by atoms with van der Waals surface area (Å²) < 4.78 is 1.85. The Labute approximate surface area is 169 Å². The highest BCUT2D eigenvalue weighted by Gasteiger charge is 2.30. The summed E-state index contributed by atoms with van der Waals surface area (Å²) in [4.78, 5) is 24.9. The molecule has 2 N–H and O–H groups in total. The number of nitrogens with zero attached hydrogens (tertiary/aromatic N) is 2. The predicted octanol–water partition coefficient (Wildman–Crippen LogP) is 3.74. The fourth-order valence-electron chi connectivity index (χ4n) is 3.71. The number of carbonyl (C=O) groups excluding carboxylic acids is 2. The monoisotopic (exact) mass is 388 g/mol. The Morgan fingerprint density at radius 2 is 1.90 bits per heavy atom. The summed E-state index contributed by atoms with van der Waals surface area (Å²) >= 11 is 0. The van der Waals surface area contributed by atoms with E-state index >= 15 is 0 Å². The van der Waals surface area contributed by atoms with E-state index < -0.39 is 5.92 Å². The van der Waals surface area contributed by atoms with Crippen LogP contribution in [0.5, 0.6) is 0 Å². The van der Waals surface area contributed by atoms with Crippen molar-refractivity contribution in [3.8, 4) is 5.69 Å². The third-order valence-electron chi connectivity index (χ3n) is 5.16. The number of carbonyl (C=O) groups is 2. The molecule has 0 saturated heterocycles. The Bertz CT molecular complexity index is 1040. The van der Waals surface area contributed by atoms with Gasteiger partial charge in [0.2, 0.25) is 11.8 Å². The Morgan fingerprint density at radius 1 is 1.17 bits per heavy atom. The SMILES string of the molecule is CC(C)c1nn(-c2ccccc2)cc1CNC(=O)C1CC(=O)Nc2ccccc21. The number of benzene rings is 2. The molecule has 2 aromatic carbocycles. The van der Waals surface area contributed by atoms with Gasteiger partial charge in [0.15, 0.2) is 0 Å². The summed E-state index contributed by atoms with van der Waals surface area (Å²) in [7, 11) is 0. The van der Waals surface area contributed by atoms with Crippen LogP contribution in [0.4, 0.5) is 5.69 Å². The molecule has 1 atom stereocenters. The molecule has 1 aromatic heterocycles. The molecule has 148 valence electrons. The molecule has 1 aliphatic heterocycles. The van der Waals surface area contributed by atoms with Gasteiger partial charge >= 0.3 is 0 Å². The van der Waals surface area contributed by atoms with Crippen LogP contribution < -0.4 is 10.6 Å². The van der Waals surface area contributed by atoms with Gasteiger partial charge in [0.1, 0.15) is 0 Å². The lowest BCUT2D eigenvalue weighted by atomic mass is 9.90. The van der Waals surface area contributed by atoms with Gasteiger partial charge in [-0.15, -0.1) is 0 Å². The second-order valence-electron chi connectivity index (χ2n) is 7.58. The van der Waals surface area contributed by atoms with Crippen LogP contribution in [0.2, 0.25) is 0 Å². The minimum atomic E-state index is -0.480. The molecule has 1 aliphatic rings. The first-order valence-corrected chi connectivity index (χ1v) is 9.83. The number of para-hydroxylation sites is 2. The number of anilines is 1. The van der Waals surface area contributed by atoms with E-state index in [2.05, 4.69) is 24.5 Å². The van der Waals surface area contributed by atoms with Crippen molar-refractivity contribution >= 4 is 17.5 Å². The molecule has 0 radical (unpaired) electrons. The summed E-state index contributed by atoms with van der Waals surface area (Å²) in [5, 5.41) is 10.6. The zero-order valence-corrected chi connectivity index (χ0v) is 16.6. The number of amides is 2. The summed E-state index contributed by atoms with van der Waals surface area (Å²) in [6.45, 7) is 4.55. The first-order valence-electron chi connectivity index (χ1n) is 9.83. The number of aromatic nitrogens is 2. The van der Waals surface area contributed by atoms with Gasteiger partial charge in [-0.2, -0.15) is 5.10 Å². The molecule has 6 nitrogen and oxygen atoms in total. The van der Waals surface area contributed by atoms with Crippen molar-refractivity contribution < 1.29 is 9.59 Å². The van der Waals surface area contributed by atoms with Crippen molar-refractivity contribution in [2.45, 2.75) is 38.6 Å². The van der Waals surface area contributed by atoms with E-state index in [9.17, 15) is 9.59 Å². The molecule has 4 rings (SSSR count). The van der Waals surface area contributed by atoms with Crippen molar-refractivity contribution in [2.75, 3.05) is 5.32 Å². The Balaban J connectivity index is 1.54. The van der Waals surface area contributed by atoms with E-state index in [0.29, 0.717) is 12.2 Å². The summed E-state index contributed by atoms with van der Waals surface area (Å²) in [5.74, 6) is -0.530. The van der Waals surface area contributed by atoms with E-state index in [-0.39, 0.29) is 24.2 Å². The minimum absolute atomic E-state index is 0.136. The number of fused-ring (bicyclic) bond motifs is 1. The maximum Gasteiger partial charge on any atom is 0.228 e.